The van der Waals surface area contributed by atoms with Crippen LogP contribution in [0.1, 0.15) is 16.5 Å². The Hall–Kier alpha value is -3.91. The first-order valence-electron chi connectivity index (χ1n) is 9.94. The van der Waals surface area contributed by atoms with Crippen LogP contribution in [-0.4, -0.2) is 44.9 Å². The normalized spacial score (nSPS) is 18.2. The van der Waals surface area contributed by atoms with Gasteiger partial charge in [-0.3, -0.25) is 14.6 Å². The van der Waals surface area contributed by atoms with Crippen molar-refractivity contribution in [3.8, 4) is 11.3 Å². The van der Waals surface area contributed by atoms with Crippen molar-refractivity contribution in [2.24, 2.45) is 0 Å². The third-order valence-corrected chi connectivity index (χ3v) is 5.29. The molecule has 0 saturated carbocycles. The van der Waals surface area contributed by atoms with E-state index in [1.54, 1.807) is 24.5 Å². The first-order valence-corrected chi connectivity index (χ1v) is 9.94. The summed E-state index contributed by atoms with van der Waals surface area (Å²) >= 11 is 0. The van der Waals surface area contributed by atoms with Crippen molar-refractivity contribution < 1.29 is 9.53 Å². The van der Waals surface area contributed by atoms with Gasteiger partial charge >= 0.3 is 0 Å². The van der Waals surface area contributed by atoms with Gasteiger partial charge in [0.15, 0.2) is 0 Å². The molecule has 2 unspecified atom stereocenters. The number of fused-ring (bicyclic) bond motifs is 1. The van der Waals surface area contributed by atoms with E-state index in [9.17, 15) is 9.59 Å². The monoisotopic (exact) mass is 413 g/mol. The van der Waals surface area contributed by atoms with Crippen LogP contribution in [0.25, 0.3) is 22.2 Å². The summed E-state index contributed by atoms with van der Waals surface area (Å²) in [6.45, 7) is 0.564. The second kappa shape index (κ2) is 8.08. The summed E-state index contributed by atoms with van der Waals surface area (Å²) in [5.74, 6) is -0.317. The molecule has 8 heteroatoms. The van der Waals surface area contributed by atoms with Gasteiger partial charge < -0.3 is 10.1 Å². The summed E-state index contributed by atoms with van der Waals surface area (Å²) in [5, 5.41) is 8.43. The van der Waals surface area contributed by atoms with Gasteiger partial charge in [0.2, 0.25) is 0 Å². The summed E-state index contributed by atoms with van der Waals surface area (Å²) in [4.78, 5) is 33.9. The predicted molar refractivity (Wildman–Crippen MR) is 115 cm³/mol. The first-order chi connectivity index (χ1) is 15.2. The molecule has 1 aliphatic rings. The highest BCUT2D eigenvalue weighted by Gasteiger charge is 2.33. The average Bonchev–Trinajstić information content (AvgIpc) is 3.27. The summed E-state index contributed by atoms with van der Waals surface area (Å²) < 4.78 is 6.97. The molecule has 1 aliphatic heterocycles. The number of hydrogen-bond donors (Lipinski definition) is 1. The Morgan fingerprint density at radius 3 is 2.81 bits per heavy atom. The molecule has 1 fully saturated rings. The lowest BCUT2D eigenvalue weighted by Gasteiger charge is -2.20. The topological polar surface area (TPSA) is 99.0 Å². The highest BCUT2D eigenvalue weighted by atomic mass is 16.5. The van der Waals surface area contributed by atoms with Gasteiger partial charge in [-0.05, 0) is 30.3 Å². The molecule has 0 aliphatic carbocycles. The summed E-state index contributed by atoms with van der Waals surface area (Å²) in [5.41, 5.74) is 2.23. The number of hydrogen-bond acceptors (Lipinski definition) is 6. The number of aromatic nitrogens is 4. The Bertz CT molecular complexity index is 1310. The van der Waals surface area contributed by atoms with E-state index < -0.39 is 12.1 Å². The average molecular weight is 413 g/mol. The van der Waals surface area contributed by atoms with Crippen LogP contribution in [0.2, 0.25) is 0 Å². The number of rotatable bonds is 4. The Morgan fingerprint density at radius 1 is 1.03 bits per heavy atom. The highest BCUT2D eigenvalue weighted by Crippen LogP contribution is 2.20. The van der Waals surface area contributed by atoms with Crippen LogP contribution in [-0.2, 0) is 4.74 Å². The maximum atomic E-state index is 12.8. The molecule has 0 spiro atoms. The second-order valence-electron chi connectivity index (χ2n) is 7.32. The van der Waals surface area contributed by atoms with Crippen molar-refractivity contribution in [1.82, 2.24) is 25.1 Å². The molecule has 154 valence electrons. The van der Waals surface area contributed by atoms with Gasteiger partial charge in [0.05, 0.1) is 30.5 Å². The van der Waals surface area contributed by atoms with Gasteiger partial charge in [0, 0.05) is 29.4 Å². The zero-order valence-electron chi connectivity index (χ0n) is 16.5. The number of nitrogens with one attached hydrogen (secondary N) is 1. The molecule has 4 heterocycles. The van der Waals surface area contributed by atoms with Crippen molar-refractivity contribution in [2.45, 2.75) is 12.1 Å². The van der Waals surface area contributed by atoms with E-state index in [0.29, 0.717) is 11.4 Å². The van der Waals surface area contributed by atoms with Gasteiger partial charge in [-0.2, -0.15) is 5.10 Å². The van der Waals surface area contributed by atoms with E-state index in [4.69, 9.17) is 4.74 Å². The van der Waals surface area contributed by atoms with Crippen molar-refractivity contribution in [3.63, 3.8) is 0 Å². The molecule has 1 saturated heterocycles. The Balaban J connectivity index is 1.41. The molecule has 1 aromatic carbocycles. The zero-order chi connectivity index (χ0) is 21.2. The van der Waals surface area contributed by atoms with E-state index in [1.165, 1.54) is 10.7 Å². The van der Waals surface area contributed by atoms with Crippen molar-refractivity contribution in [3.05, 3.63) is 89.1 Å². The van der Waals surface area contributed by atoms with Gasteiger partial charge in [-0.1, -0.05) is 24.3 Å². The molecule has 0 bridgehead atoms. The third-order valence-electron chi connectivity index (χ3n) is 5.29. The number of nitrogens with zero attached hydrogens (tertiary/aromatic N) is 4. The molecule has 2 atom stereocenters. The van der Waals surface area contributed by atoms with Crippen LogP contribution in [0.3, 0.4) is 0 Å². The highest BCUT2D eigenvalue weighted by molar-refractivity contribution is 5.95. The van der Waals surface area contributed by atoms with Crippen LogP contribution in [0.15, 0.2) is 77.9 Å². The predicted octanol–water partition coefficient (Wildman–Crippen LogP) is 2.22. The molecule has 8 nitrogen and oxygen atoms in total. The number of ether oxygens (including phenoxy) is 1. The lowest BCUT2D eigenvalue weighted by atomic mass is 10.1. The van der Waals surface area contributed by atoms with E-state index >= 15 is 0 Å². The number of pyridine rings is 2. The van der Waals surface area contributed by atoms with Crippen LogP contribution in [0.5, 0.6) is 0 Å². The number of carbonyl (C=O) groups is 1. The molecule has 1 N–H and O–H groups in total. The molecular weight excluding hydrogens is 394 g/mol. The molecule has 5 rings (SSSR count). The number of amides is 1. The van der Waals surface area contributed by atoms with E-state index in [2.05, 4.69) is 20.4 Å². The van der Waals surface area contributed by atoms with Gasteiger partial charge in [-0.25, -0.2) is 9.67 Å². The summed E-state index contributed by atoms with van der Waals surface area (Å²) in [6.07, 6.45) is 3.36. The Morgan fingerprint density at radius 2 is 1.94 bits per heavy atom. The van der Waals surface area contributed by atoms with Crippen molar-refractivity contribution in [1.29, 1.82) is 0 Å². The minimum absolute atomic E-state index is 0.258. The maximum absolute atomic E-state index is 12.8. The Labute approximate surface area is 177 Å². The minimum atomic E-state index is -0.423. The fourth-order valence-electron chi connectivity index (χ4n) is 3.69. The lowest BCUT2D eigenvalue weighted by molar-refractivity contribution is 0.0920. The second-order valence-corrected chi connectivity index (χ2v) is 7.32. The van der Waals surface area contributed by atoms with Gasteiger partial charge in [-0.15, -0.1) is 0 Å². The fourth-order valence-corrected chi connectivity index (χ4v) is 3.69. The van der Waals surface area contributed by atoms with E-state index in [0.717, 1.165) is 16.5 Å². The van der Waals surface area contributed by atoms with Gasteiger partial charge in [0.25, 0.3) is 11.5 Å². The quantitative estimate of drug-likeness (QED) is 0.551. The maximum Gasteiger partial charge on any atom is 0.270 e. The lowest BCUT2D eigenvalue weighted by Crippen LogP contribution is -2.44. The molecule has 31 heavy (non-hydrogen) atoms. The van der Waals surface area contributed by atoms with E-state index in [-0.39, 0.29) is 24.7 Å². The molecular formula is C23H19N5O3. The number of para-hydroxylation sites is 1. The fraction of sp³-hybridized carbons (Fsp3) is 0.174. The van der Waals surface area contributed by atoms with Crippen LogP contribution >= 0.6 is 0 Å². The number of benzene rings is 1. The minimum Gasteiger partial charge on any atom is -0.377 e. The first kappa shape index (κ1) is 19.1. The largest absolute Gasteiger partial charge is 0.377 e. The summed E-state index contributed by atoms with van der Waals surface area (Å²) in [7, 11) is 0. The number of carbonyl (C=O) groups excluding carboxylic acids is 1. The van der Waals surface area contributed by atoms with Crippen molar-refractivity contribution >= 4 is 16.8 Å². The molecule has 4 aromatic rings. The molecule has 1 amide bonds. The SMILES string of the molecule is O=C(NC1COCC1n1nc(-c2cccnc2)ccc1=O)c1ccc2ccccc2n1. The van der Waals surface area contributed by atoms with Crippen LogP contribution < -0.4 is 10.9 Å². The molecule has 0 radical (unpaired) electrons. The van der Waals surface area contributed by atoms with Crippen LogP contribution in [0, 0.1) is 0 Å². The smallest absolute Gasteiger partial charge is 0.270 e. The molecule has 3 aromatic heterocycles. The summed E-state index contributed by atoms with van der Waals surface area (Å²) in [6, 6.07) is 17.2. The van der Waals surface area contributed by atoms with Gasteiger partial charge in [0.1, 0.15) is 11.7 Å². The zero-order valence-corrected chi connectivity index (χ0v) is 16.5. The van der Waals surface area contributed by atoms with Crippen LogP contribution in [0.4, 0.5) is 0 Å². The standard InChI is InChI=1S/C23H19N5O3/c29-22-10-9-18(16-5-3-11-24-12-16)27-28(22)21-14-31-13-20(21)26-23(30)19-8-7-15-4-1-2-6-17(15)25-19/h1-12,20-21H,13-14H2,(H,26,30). The third kappa shape index (κ3) is 3.80. The Kier molecular flexibility index (Phi) is 4.97. The van der Waals surface area contributed by atoms with E-state index in [1.807, 2.05) is 42.5 Å². The van der Waals surface area contributed by atoms with Crippen molar-refractivity contribution in [2.75, 3.05) is 13.2 Å².